The quantitative estimate of drug-likeness (QED) is 0.784. The van der Waals surface area contributed by atoms with Crippen molar-refractivity contribution in [2.45, 2.75) is 25.1 Å². The van der Waals surface area contributed by atoms with E-state index < -0.39 is 5.38 Å². The van der Waals surface area contributed by atoms with Gasteiger partial charge in [-0.15, -0.1) is 11.6 Å². The van der Waals surface area contributed by atoms with Crippen LogP contribution < -0.4 is 5.32 Å². The predicted octanol–water partition coefficient (Wildman–Crippen LogP) is 2.53. The van der Waals surface area contributed by atoms with E-state index in [0.717, 1.165) is 0 Å². The molecule has 1 aromatic carbocycles. The lowest BCUT2D eigenvalue weighted by Crippen LogP contribution is -2.32. The summed E-state index contributed by atoms with van der Waals surface area (Å²) in [7, 11) is 0. The second-order valence-corrected chi connectivity index (χ2v) is 4.33. The molecule has 0 fully saturated rings. The second kappa shape index (κ2) is 5.76. The molecular weight excluding hydrogens is 210 g/mol. The lowest BCUT2D eigenvalue weighted by atomic mass is 10.0. The van der Waals surface area contributed by atoms with Crippen molar-refractivity contribution in [3.05, 3.63) is 35.9 Å². The van der Waals surface area contributed by atoms with E-state index in [-0.39, 0.29) is 5.91 Å². The first-order valence-electron chi connectivity index (χ1n) is 5.08. The maximum absolute atomic E-state index is 11.2. The molecule has 2 nitrogen and oxygen atoms in total. The van der Waals surface area contributed by atoms with Crippen LogP contribution in [0.1, 0.15) is 25.3 Å². The Hall–Kier alpha value is -1.02. The van der Waals surface area contributed by atoms with E-state index in [0.29, 0.717) is 12.5 Å². The van der Waals surface area contributed by atoms with Crippen LogP contribution in [0.4, 0.5) is 0 Å². The van der Waals surface area contributed by atoms with Gasteiger partial charge in [0.2, 0.25) is 5.91 Å². The van der Waals surface area contributed by atoms with Crippen LogP contribution in [-0.2, 0) is 4.79 Å². The maximum atomic E-state index is 11.2. The Bertz CT molecular complexity index is 311. The van der Waals surface area contributed by atoms with Gasteiger partial charge in [-0.2, -0.15) is 0 Å². The molecule has 0 bridgehead atoms. The van der Waals surface area contributed by atoms with Crippen molar-refractivity contribution in [1.82, 2.24) is 5.32 Å². The summed E-state index contributed by atoms with van der Waals surface area (Å²) in [5.74, 6) is 0.199. The number of amides is 1. The summed E-state index contributed by atoms with van der Waals surface area (Å²) in [6.45, 7) is 4.37. The molecule has 0 saturated heterocycles. The molecule has 82 valence electrons. The third kappa shape index (κ3) is 3.92. The fourth-order valence-corrected chi connectivity index (χ4v) is 1.37. The average molecular weight is 226 g/mol. The average Bonchev–Trinajstić information content (AvgIpc) is 2.26. The number of hydrogen-bond acceptors (Lipinski definition) is 1. The Balaban J connectivity index is 2.44. The van der Waals surface area contributed by atoms with E-state index in [1.54, 1.807) is 6.92 Å². The summed E-state index contributed by atoms with van der Waals surface area (Å²) in [6.07, 6.45) is 0. The smallest absolute Gasteiger partial charge is 0.237 e. The summed E-state index contributed by atoms with van der Waals surface area (Å²) < 4.78 is 0. The third-order valence-corrected chi connectivity index (χ3v) is 2.51. The van der Waals surface area contributed by atoms with E-state index in [9.17, 15) is 4.79 Å². The van der Waals surface area contributed by atoms with Gasteiger partial charge in [-0.3, -0.25) is 4.79 Å². The highest BCUT2D eigenvalue weighted by Crippen LogP contribution is 2.13. The van der Waals surface area contributed by atoms with Crippen LogP contribution in [0.2, 0.25) is 0 Å². The van der Waals surface area contributed by atoms with Gasteiger partial charge in [0.05, 0.1) is 0 Å². The number of carbonyl (C=O) groups excluding carboxylic acids is 1. The number of carbonyl (C=O) groups is 1. The monoisotopic (exact) mass is 225 g/mol. The van der Waals surface area contributed by atoms with Crippen LogP contribution in [-0.4, -0.2) is 17.8 Å². The molecule has 0 aliphatic carbocycles. The first kappa shape index (κ1) is 12.1. The lowest BCUT2D eigenvalue weighted by molar-refractivity contribution is -0.120. The normalized spacial score (nSPS) is 14.3. The Kier molecular flexibility index (Phi) is 4.63. The molecule has 2 atom stereocenters. The largest absolute Gasteiger partial charge is 0.354 e. The van der Waals surface area contributed by atoms with E-state index in [1.165, 1.54) is 5.56 Å². The molecule has 0 aromatic heterocycles. The summed E-state index contributed by atoms with van der Waals surface area (Å²) >= 11 is 5.65. The van der Waals surface area contributed by atoms with E-state index in [4.69, 9.17) is 11.6 Å². The molecule has 0 radical (unpaired) electrons. The number of halogens is 1. The predicted molar refractivity (Wildman–Crippen MR) is 63.2 cm³/mol. The van der Waals surface area contributed by atoms with Crippen molar-refractivity contribution in [3.63, 3.8) is 0 Å². The number of alkyl halides is 1. The first-order valence-corrected chi connectivity index (χ1v) is 5.51. The fourth-order valence-electron chi connectivity index (χ4n) is 1.29. The summed E-state index contributed by atoms with van der Waals surface area (Å²) in [4.78, 5) is 11.2. The maximum Gasteiger partial charge on any atom is 0.237 e. The van der Waals surface area contributed by atoms with Crippen LogP contribution in [0.5, 0.6) is 0 Å². The minimum Gasteiger partial charge on any atom is -0.354 e. The Morgan fingerprint density at radius 3 is 2.47 bits per heavy atom. The zero-order valence-electron chi connectivity index (χ0n) is 9.03. The number of rotatable bonds is 4. The summed E-state index contributed by atoms with van der Waals surface area (Å²) in [5, 5.41) is 2.34. The minimum absolute atomic E-state index is 0.112. The zero-order valence-corrected chi connectivity index (χ0v) is 9.79. The highest BCUT2D eigenvalue weighted by atomic mass is 35.5. The van der Waals surface area contributed by atoms with E-state index in [2.05, 4.69) is 24.4 Å². The molecule has 1 rings (SSSR count). The molecule has 15 heavy (non-hydrogen) atoms. The summed E-state index contributed by atoms with van der Waals surface area (Å²) in [6, 6.07) is 10.1. The molecule has 0 saturated carbocycles. The van der Waals surface area contributed by atoms with Crippen LogP contribution in [0.3, 0.4) is 0 Å². The van der Waals surface area contributed by atoms with E-state index in [1.807, 2.05) is 18.2 Å². The molecule has 0 aliphatic heterocycles. The summed E-state index contributed by atoms with van der Waals surface area (Å²) in [5.41, 5.74) is 1.22. The molecule has 0 unspecified atom stereocenters. The topological polar surface area (TPSA) is 29.1 Å². The van der Waals surface area contributed by atoms with Gasteiger partial charge in [0.15, 0.2) is 0 Å². The molecule has 0 spiro atoms. The SMILES string of the molecule is C[C@H](Cl)C(=O)NC[C@H](C)c1ccccc1. The van der Waals surface area contributed by atoms with Crippen molar-refractivity contribution in [2.75, 3.05) is 6.54 Å². The zero-order chi connectivity index (χ0) is 11.3. The van der Waals surface area contributed by atoms with Gasteiger partial charge in [-0.25, -0.2) is 0 Å². The van der Waals surface area contributed by atoms with Crippen LogP contribution in [0.25, 0.3) is 0 Å². The molecular formula is C12H16ClNO. The van der Waals surface area contributed by atoms with Crippen molar-refractivity contribution >= 4 is 17.5 Å². The van der Waals surface area contributed by atoms with Crippen molar-refractivity contribution < 1.29 is 4.79 Å². The van der Waals surface area contributed by atoms with Crippen molar-refractivity contribution in [3.8, 4) is 0 Å². The Morgan fingerprint density at radius 1 is 1.33 bits per heavy atom. The molecule has 0 heterocycles. The van der Waals surface area contributed by atoms with Gasteiger partial charge in [0, 0.05) is 6.54 Å². The standard InChI is InChI=1S/C12H16ClNO/c1-9(8-14-12(15)10(2)13)11-6-4-3-5-7-11/h3-7,9-10H,8H2,1-2H3,(H,14,15)/t9-,10-/m0/s1. The van der Waals surface area contributed by atoms with Gasteiger partial charge in [-0.1, -0.05) is 37.3 Å². The third-order valence-electron chi connectivity index (χ3n) is 2.31. The molecule has 0 aliphatic rings. The second-order valence-electron chi connectivity index (χ2n) is 3.67. The molecule has 1 amide bonds. The lowest BCUT2D eigenvalue weighted by Gasteiger charge is -2.13. The molecule has 1 aromatic rings. The van der Waals surface area contributed by atoms with Gasteiger partial charge in [0.1, 0.15) is 5.38 Å². The molecule has 3 heteroatoms. The fraction of sp³-hybridized carbons (Fsp3) is 0.417. The van der Waals surface area contributed by atoms with Crippen molar-refractivity contribution in [1.29, 1.82) is 0 Å². The first-order chi connectivity index (χ1) is 7.11. The highest BCUT2D eigenvalue weighted by Gasteiger charge is 2.10. The van der Waals surface area contributed by atoms with E-state index >= 15 is 0 Å². The highest BCUT2D eigenvalue weighted by molar-refractivity contribution is 6.30. The molecule has 1 N–H and O–H groups in total. The minimum atomic E-state index is -0.465. The van der Waals surface area contributed by atoms with Gasteiger partial charge < -0.3 is 5.32 Å². The van der Waals surface area contributed by atoms with Gasteiger partial charge in [-0.05, 0) is 18.4 Å². The Morgan fingerprint density at radius 2 is 1.93 bits per heavy atom. The number of nitrogens with one attached hydrogen (secondary N) is 1. The van der Waals surface area contributed by atoms with Gasteiger partial charge >= 0.3 is 0 Å². The van der Waals surface area contributed by atoms with Crippen molar-refractivity contribution in [2.24, 2.45) is 0 Å². The number of benzene rings is 1. The Labute approximate surface area is 95.6 Å². The number of hydrogen-bond donors (Lipinski definition) is 1. The van der Waals surface area contributed by atoms with Crippen LogP contribution in [0, 0.1) is 0 Å². The van der Waals surface area contributed by atoms with Gasteiger partial charge in [0.25, 0.3) is 0 Å². The van der Waals surface area contributed by atoms with Crippen LogP contribution in [0.15, 0.2) is 30.3 Å². The van der Waals surface area contributed by atoms with Crippen LogP contribution >= 0.6 is 11.6 Å².